The normalized spacial score (nSPS) is 13.2. The lowest BCUT2D eigenvalue weighted by atomic mass is 10.1. The van der Waals surface area contributed by atoms with Crippen molar-refractivity contribution in [2.45, 2.75) is 52.2 Å². The largest absolute Gasteiger partial charge is 0.352 e. The first kappa shape index (κ1) is 29.5. The van der Waals surface area contributed by atoms with Gasteiger partial charge in [-0.15, -0.1) is 0 Å². The van der Waals surface area contributed by atoms with E-state index in [-0.39, 0.29) is 24.2 Å². The van der Waals surface area contributed by atoms with E-state index in [0.29, 0.717) is 17.9 Å². The SMILES string of the molecule is CC[C@@H](C)NC(=O)[C@@H](CC)N(Cc1ccc(Cl)cc1)C(=O)CN(c1ccc(F)cc1)S(=O)(=O)N(C)C. The second-order valence-electron chi connectivity index (χ2n) is 8.66. The molecule has 2 aromatic carbocycles. The Balaban J connectivity index is 2.48. The number of halogens is 2. The molecular weight excluding hydrogens is 507 g/mol. The van der Waals surface area contributed by atoms with Gasteiger partial charge in [0.1, 0.15) is 18.4 Å². The molecule has 1 N–H and O–H groups in total. The van der Waals surface area contributed by atoms with E-state index in [0.717, 1.165) is 26.3 Å². The molecule has 0 saturated carbocycles. The van der Waals surface area contributed by atoms with Crippen LogP contribution >= 0.6 is 11.6 Å². The highest BCUT2D eigenvalue weighted by atomic mass is 35.5. The fourth-order valence-electron chi connectivity index (χ4n) is 3.47. The number of anilines is 1. The molecule has 0 aliphatic heterocycles. The van der Waals surface area contributed by atoms with Gasteiger partial charge >= 0.3 is 10.2 Å². The van der Waals surface area contributed by atoms with Crippen LogP contribution in [0.4, 0.5) is 10.1 Å². The van der Waals surface area contributed by atoms with Crippen LogP contribution in [0, 0.1) is 5.82 Å². The fourth-order valence-corrected chi connectivity index (χ4v) is 4.65. The Morgan fingerprint density at radius 3 is 2.08 bits per heavy atom. The Kier molecular flexibility index (Phi) is 10.7. The highest BCUT2D eigenvalue weighted by Crippen LogP contribution is 2.22. The van der Waals surface area contributed by atoms with Crippen LogP contribution in [-0.2, 0) is 26.3 Å². The van der Waals surface area contributed by atoms with Crippen molar-refractivity contribution in [1.82, 2.24) is 14.5 Å². The number of carbonyl (C=O) groups excluding carboxylic acids is 2. The molecule has 0 unspecified atom stereocenters. The zero-order valence-corrected chi connectivity index (χ0v) is 22.8. The summed E-state index contributed by atoms with van der Waals surface area (Å²) in [5.41, 5.74) is 0.855. The predicted molar refractivity (Wildman–Crippen MR) is 140 cm³/mol. The Bertz CT molecular complexity index is 1130. The van der Waals surface area contributed by atoms with Gasteiger partial charge in [-0.05, 0) is 61.7 Å². The van der Waals surface area contributed by atoms with Gasteiger partial charge in [0.25, 0.3) is 0 Å². The quantitative estimate of drug-likeness (QED) is 0.443. The molecule has 0 fully saturated rings. The first-order chi connectivity index (χ1) is 16.9. The third kappa shape index (κ3) is 7.65. The number of nitrogens with one attached hydrogen (secondary N) is 1. The standard InChI is InChI=1S/C25H34ClFN4O4S/c1-6-18(3)28-25(33)23(7-2)30(16-19-8-10-20(26)11-9-19)24(32)17-31(36(34,35)29(4)5)22-14-12-21(27)13-15-22/h8-15,18,23H,6-7,16-17H2,1-5H3,(H,28,33)/t18-,23-/m1/s1. The molecular formula is C25H34ClFN4O4S. The number of hydrogen-bond donors (Lipinski definition) is 1. The predicted octanol–water partition coefficient (Wildman–Crippen LogP) is 3.81. The van der Waals surface area contributed by atoms with Crippen LogP contribution in [0.15, 0.2) is 48.5 Å². The van der Waals surface area contributed by atoms with Crippen molar-refractivity contribution in [3.8, 4) is 0 Å². The van der Waals surface area contributed by atoms with Crippen molar-refractivity contribution in [3.05, 3.63) is 64.9 Å². The van der Waals surface area contributed by atoms with Crippen LogP contribution in [0.5, 0.6) is 0 Å². The number of nitrogens with zero attached hydrogens (tertiary/aromatic N) is 3. The lowest BCUT2D eigenvalue weighted by Gasteiger charge is -2.34. The zero-order chi connectivity index (χ0) is 27.0. The first-order valence-electron chi connectivity index (χ1n) is 11.7. The molecule has 0 spiro atoms. The lowest BCUT2D eigenvalue weighted by Crippen LogP contribution is -2.54. The molecule has 2 amide bonds. The molecule has 0 bridgehead atoms. The van der Waals surface area contributed by atoms with Gasteiger partial charge in [0, 0.05) is 31.7 Å². The highest BCUT2D eigenvalue weighted by molar-refractivity contribution is 7.90. The van der Waals surface area contributed by atoms with E-state index in [4.69, 9.17) is 11.6 Å². The van der Waals surface area contributed by atoms with E-state index >= 15 is 0 Å². The smallest absolute Gasteiger partial charge is 0.304 e. The summed E-state index contributed by atoms with van der Waals surface area (Å²) in [4.78, 5) is 28.2. The highest BCUT2D eigenvalue weighted by Gasteiger charge is 2.34. The molecule has 2 aromatic rings. The number of amides is 2. The van der Waals surface area contributed by atoms with Gasteiger partial charge in [0.05, 0.1) is 5.69 Å². The molecule has 0 saturated heterocycles. The fraction of sp³-hybridized carbons (Fsp3) is 0.440. The van der Waals surface area contributed by atoms with E-state index in [2.05, 4.69) is 5.32 Å². The Morgan fingerprint density at radius 2 is 1.58 bits per heavy atom. The van der Waals surface area contributed by atoms with Crippen LogP contribution in [0.2, 0.25) is 5.02 Å². The first-order valence-corrected chi connectivity index (χ1v) is 13.5. The maximum absolute atomic E-state index is 13.7. The summed E-state index contributed by atoms with van der Waals surface area (Å²) >= 11 is 6.00. The molecule has 36 heavy (non-hydrogen) atoms. The van der Waals surface area contributed by atoms with Gasteiger partial charge in [0.15, 0.2) is 0 Å². The summed E-state index contributed by atoms with van der Waals surface area (Å²) in [5.74, 6) is -1.44. The Morgan fingerprint density at radius 1 is 1.00 bits per heavy atom. The van der Waals surface area contributed by atoms with Crippen molar-refractivity contribution < 1.29 is 22.4 Å². The van der Waals surface area contributed by atoms with E-state index in [1.807, 2.05) is 13.8 Å². The van der Waals surface area contributed by atoms with Crippen LogP contribution in [0.1, 0.15) is 39.2 Å². The van der Waals surface area contributed by atoms with Gasteiger partial charge in [0.2, 0.25) is 11.8 Å². The molecule has 0 heterocycles. The molecule has 2 atom stereocenters. The van der Waals surface area contributed by atoms with E-state index < -0.39 is 34.5 Å². The molecule has 2 rings (SSSR count). The van der Waals surface area contributed by atoms with Crippen molar-refractivity contribution in [2.75, 3.05) is 24.9 Å². The Hall–Kier alpha value is -2.69. The summed E-state index contributed by atoms with van der Waals surface area (Å²) in [6.07, 6.45) is 1.03. The van der Waals surface area contributed by atoms with E-state index in [1.54, 1.807) is 31.2 Å². The number of rotatable bonds is 12. The number of carbonyl (C=O) groups is 2. The third-order valence-corrected chi connectivity index (χ3v) is 7.86. The average molecular weight is 541 g/mol. The van der Waals surface area contributed by atoms with E-state index in [9.17, 15) is 22.4 Å². The molecule has 11 heteroatoms. The number of hydrogen-bond acceptors (Lipinski definition) is 4. The van der Waals surface area contributed by atoms with Gasteiger partial charge in [-0.3, -0.25) is 9.59 Å². The van der Waals surface area contributed by atoms with Crippen molar-refractivity contribution in [2.24, 2.45) is 0 Å². The van der Waals surface area contributed by atoms with Gasteiger partial charge in [-0.2, -0.15) is 12.7 Å². The summed E-state index contributed by atoms with van der Waals surface area (Å²) in [7, 11) is -1.42. The third-order valence-electron chi connectivity index (χ3n) is 5.79. The summed E-state index contributed by atoms with van der Waals surface area (Å²) in [6.45, 7) is 5.09. The van der Waals surface area contributed by atoms with E-state index in [1.165, 1.54) is 31.1 Å². The number of benzene rings is 2. The molecule has 0 aliphatic carbocycles. The minimum atomic E-state index is -4.11. The summed E-state index contributed by atoms with van der Waals surface area (Å²) in [5, 5.41) is 3.44. The minimum absolute atomic E-state index is 0.0711. The van der Waals surface area contributed by atoms with Crippen LogP contribution in [0.25, 0.3) is 0 Å². The van der Waals surface area contributed by atoms with Gasteiger partial charge in [-0.1, -0.05) is 37.6 Å². The average Bonchev–Trinajstić information content (AvgIpc) is 2.83. The van der Waals surface area contributed by atoms with Crippen molar-refractivity contribution in [3.63, 3.8) is 0 Å². The second-order valence-corrected chi connectivity index (χ2v) is 11.2. The maximum Gasteiger partial charge on any atom is 0.304 e. The minimum Gasteiger partial charge on any atom is -0.352 e. The van der Waals surface area contributed by atoms with Gasteiger partial charge < -0.3 is 10.2 Å². The van der Waals surface area contributed by atoms with Crippen molar-refractivity contribution >= 4 is 39.3 Å². The molecule has 0 radical (unpaired) electrons. The molecule has 198 valence electrons. The molecule has 0 aromatic heterocycles. The van der Waals surface area contributed by atoms with Crippen LogP contribution in [0.3, 0.4) is 0 Å². The molecule has 8 nitrogen and oxygen atoms in total. The van der Waals surface area contributed by atoms with Crippen molar-refractivity contribution in [1.29, 1.82) is 0 Å². The summed E-state index contributed by atoms with van der Waals surface area (Å²) < 4.78 is 41.7. The van der Waals surface area contributed by atoms with Gasteiger partial charge in [-0.25, -0.2) is 8.70 Å². The summed E-state index contributed by atoms with van der Waals surface area (Å²) in [6, 6.07) is 10.8. The maximum atomic E-state index is 13.7. The zero-order valence-electron chi connectivity index (χ0n) is 21.2. The Labute approximate surface area is 218 Å². The van der Waals surface area contributed by atoms with Crippen LogP contribution < -0.4 is 9.62 Å². The second kappa shape index (κ2) is 13.0. The molecule has 0 aliphatic rings. The monoisotopic (exact) mass is 540 g/mol. The lowest BCUT2D eigenvalue weighted by molar-refractivity contribution is -0.140. The topological polar surface area (TPSA) is 90.0 Å². The van der Waals surface area contributed by atoms with Crippen LogP contribution in [-0.4, -0.2) is 62.2 Å².